The van der Waals surface area contributed by atoms with Crippen molar-refractivity contribution in [3.8, 4) is 10.6 Å². The summed E-state index contributed by atoms with van der Waals surface area (Å²) in [5.41, 5.74) is 3.84. The first-order valence-electron chi connectivity index (χ1n) is 4.67. The molecule has 2 aromatic heterocycles. The molecule has 0 fully saturated rings. The lowest BCUT2D eigenvalue weighted by Gasteiger charge is -1.97. The number of thiophene rings is 1. The highest BCUT2D eigenvalue weighted by Crippen LogP contribution is 2.31. The SMILES string of the molecule is Cc1cscc1-c1nc(C(C)C)cs1. The number of rotatable bonds is 2. The third-order valence-corrected chi connectivity index (χ3v) is 3.95. The molecule has 14 heavy (non-hydrogen) atoms. The lowest BCUT2D eigenvalue weighted by Crippen LogP contribution is -1.86. The van der Waals surface area contributed by atoms with Crippen LogP contribution in [0.25, 0.3) is 10.6 Å². The molecule has 2 aromatic rings. The van der Waals surface area contributed by atoms with E-state index in [-0.39, 0.29) is 0 Å². The van der Waals surface area contributed by atoms with Crippen molar-refractivity contribution in [3.63, 3.8) is 0 Å². The Kier molecular flexibility index (Phi) is 2.70. The van der Waals surface area contributed by atoms with Gasteiger partial charge in [-0.25, -0.2) is 4.98 Å². The summed E-state index contributed by atoms with van der Waals surface area (Å²) in [6.45, 7) is 6.50. The molecular weight excluding hydrogens is 210 g/mol. The average molecular weight is 223 g/mol. The summed E-state index contributed by atoms with van der Waals surface area (Å²) in [5, 5.41) is 7.67. The van der Waals surface area contributed by atoms with Gasteiger partial charge in [0.2, 0.25) is 0 Å². The van der Waals surface area contributed by atoms with Gasteiger partial charge in [0.15, 0.2) is 0 Å². The Morgan fingerprint density at radius 2 is 2.00 bits per heavy atom. The molecule has 0 saturated heterocycles. The van der Waals surface area contributed by atoms with Crippen LogP contribution in [0.4, 0.5) is 0 Å². The molecule has 0 amide bonds. The fourth-order valence-electron chi connectivity index (χ4n) is 1.25. The lowest BCUT2D eigenvalue weighted by atomic mass is 10.1. The topological polar surface area (TPSA) is 12.9 Å². The highest BCUT2D eigenvalue weighted by atomic mass is 32.1. The van der Waals surface area contributed by atoms with Crippen molar-refractivity contribution in [2.75, 3.05) is 0 Å². The van der Waals surface area contributed by atoms with Gasteiger partial charge in [-0.1, -0.05) is 13.8 Å². The van der Waals surface area contributed by atoms with E-state index in [2.05, 4.69) is 41.9 Å². The van der Waals surface area contributed by atoms with Gasteiger partial charge in [-0.05, 0) is 23.8 Å². The van der Waals surface area contributed by atoms with Gasteiger partial charge in [-0.2, -0.15) is 11.3 Å². The van der Waals surface area contributed by atoms with Crippen LogP contribution in [0, 0.1) is 6.92 Å². The third-order valence-electron chi connectivity index (χ3n) is 2.20. The van der Waals surface area contributed by atoms with Crippen molar-refractivity contribution in [2.45, 2.75) is 26.7 Å². The molecule has 0 aliphatic carbocycles. The zero-order valence-electron chi connectivity index (χ0n) is 8.57. The molecule has 2 heterocycles. The van der Waals surface area contributed by atoms with Crippen molar-refractivity contribution in [1.82, 2.24) is 4.98 Å². The Morgan fingerprint density at radius 1 is 1.21 bits per heavy atom. The van der Waals surface area contributed by atoms with Gasteiger partial charge in [0.05, 0.1) is 5.69 Å². The minimum Gasteiger partial charge on any atom is -0.241 e. The van der Waals surface area contributed by atoms with Crippen molar-refractivity contribution < 1.29 is 0 Å². The van der Waals surface area contributed by atoms with Crippen molar-refractivity contribution in [1.29, 1.82) is 0 Å². The van der Waals surface area contributed by atoms with Crippen LogP contribution in [0.5, 0.6) is 0 Å². The second-order valence-corrected chi connectivity index (χ2v) is 5.30. The van der Waals surface area contributed by atoms with E-state index in [0.29, 0.717) is 5.92 Å². The molecule has 1 nitrogen and oxygen atoms in total. The second-order valence-electron chi connectivity index (χ2n) is 3.70. The van der Waals surface area contributed by atoms with E-state index >= 15 is 0 Å². The molecule has 0 aliphatic heterocycles. The van der Waals surface area contributed by atoms with Crippen LogP contribution in [0.15, 0.2) is 16.1 Å². The summed E-state index contributed by atoms with van der Waals surface area (Å²) >= 11 is 3.49. The zero-order valence-corrected chi connectivity index (χ0v) is 10.2. The molecule has 0 radical (unpaired) electrons. The van der Waals surface area contributed by atoms with Crippen LogP contribution in [0.2, 0.25) is 0 Å². The summed E-state index contributed by atoms with van der Waals surface area (Å²) in [5.74, 6) is 0.527. The Hall–Kier alpha value is -0.670. The maximum atomic E-state index is 4.64. The number of hydrogen-bond acceptors (Lipinski definition) is 3. The van der Waals surface area contributed by atoms with E-state index in [1.165, 1.54) is 16.8 Å². The normalized spacial score (nSPS) is 11.1. The van der Waals surface area contributed by atoms with Crippen LogP contribution < -0.4 is 0 Å². The van der Waals surface area contributed by atoms with Gasteiger partial charge in [0, 0.05) is 16.3 Å². The summed E-state index contributed by atoms with van der Waals surface area (Å²) < 4.78 is 0. The van der Waals surface area contributed by atoms with E-state index in [0.717, 1.165) is 5.01 Å². The highest BCUT2D eigenvalue weighted by Gasteiger charge is 2.09. The molecule has 0 aliphatic rings. The average Bonchev–Trinajstić information content (AvgIpc) is 2.71. The van der Waals surface area contributed by atoms with Gasteiger partial charge in [0.1, 0.15) is 5.01 Å². The van der Waals surface area contributed by atoms with Gasteiger partial charge in [-0.3, -0.25) is 0 Å². The van der Waals surface area contributed by atoms with Crippen molar-refractivity contribution in [3.05, 3.63) is 27.4 Å². The minimum atomic E-state index is 0.527. The smallest absolute Gasteiger partial charge is 0.124 e. The first-order chi connectivity index (χ1) is 6.68. The standard InChI is InChI=1S/C11H13NS2/c1-7(2)10-6-14-11(12-10)9-5-13-4-8(9)3/h4-7H,1-3H3. The van der Waals surface area contributed by atoms with Crippen LogP contribution >= 0.6 is 22.7 Å². The van der Waals surface area contributed by atoms with E-state index in [1.54, 1.807) is 22.7 Å². The lowest BCUT2D eigenvalue weighted by molar-refractivity contribution is 0.834. The minimum absolute atomic E-state index is 0.527. The molecule has 74 valence electrons. The molecule has 0 atom stereocenters. The third kappa shape index (κ3) is 1.74. The molecule has 0 aromatic carbocycles. The van der Waals surface area contributed by atoms with Crippen LogP contribution in [0.3, 0.4) is 0 Å². The van der Waals surface area contributed by atoms with Crippen LogP contribution in [-0.4, -0.2) is 4.98 Å². The zero-order chi connectivity index (χ0) is 10.1. The fraction of sp³-hybridized carbons (Fsp3) is 0.364. The predicted molar refractivity (Wildman–Crippen MR) is 64.3 cm³/mol. The van der Waals surface area contributed by atoms with Gasteiger partial charge >= 0.3 is 0 Å². The van der Waals surface area contributed by atoms with Crippen LogP contribution in [-0.2, 0) is 0 Å². The molecule has 3 heteroatoms. The Balaban J connectivity index is 2.39. The van der Waals surface area contributed by atoms with E-state index in [9.17, 15) is 0 Å². The number of hydrogen-bond donors (Lipinski definition) is 0. The van der Waals surface area contributed by atoms with Gasteiger partial charge < -0.3 is 0 Å². The van der Waals surface area contributed by atoms with Crippen LogP contribution in [0.1, 0.15) is 31.0 Å². The van der Waals surface area contributed by atoms with Gasteiger partial charge in [0.25, 0.3) is 0 Å². The van der Waals surface area contributed by atoms with E-state index in [1.807, 2.05) is 0 Å². The fourth-order valence-corrected chi connectivity index (χ4v) is 3.22. The Labute approximate surface area is 92.4 Å². The molecule has 0 N–H and O–H groups in total. The first-order valence-corrected chi connectivity index (χ1v) is 6.49. The van der Waals surface area contributed by atoms with Crippen molar-refractivity contribution >= 4 is 22.7 Å². The number of nitrogens with zero attached hydrogens (tertiary/aromatic N) is 1. The van der Waals surface area contributed by atoms with E-state index in [4.69, 9.17) is 0 Å². The van der Waals surface area contributed by atoms with Crippen molar-refractivity contribution in [2.24, 2.45) is 0 Å². The summed E-state index contributed by atoms with van der Waals surface area (Å²) in [7, 11) is 0. The number of aromatic nitrogens is 1. The molecule has 0 bridgehead atoms. The Morgan fingerprint density at radius 3 is 2.50 bits per heavy atom. The summed E-state index contributed by atoms with van der Waals surface area (Å²) in [6.07, 6.45) is 0. The monoisotopic (exact) mass is 223 g/mol. The second kappa shape index (κ2) is 3.83. The van der Waals surface area contributed by atoms with Gasteiger partial charge in [-0.15, -0.1) is 11.3 Å². The Bertz CT molecular complexity index is 426. The summed E-state index contributed by atoms with van der Waals surface area (Å²) in [6, 6.07) is 0. The molecule has 0 unspecified atom stereocenters. The predicted octanol–water partition coefficient (Wildman–Crippen LogP) is 4.30. The largest absolute Gasteiger partial charge is 0.241 e. The quantitative estimate of drug-likeness (QED) is 0.739. The highest BCUT2D eigenvalue weighted by molar-refractivity contribution is 7.14. The van der Waals surface area contributed by atoms with E-state index < -0.39 is 0 Å². The molecule has 0 spiro atoms. The summed E-state index contributed by atoms with van der Waals surface area (Å²) in [4.78, 5) is 4.64. The molecular formula is C11H13NS2. The number of thiazole rings is 1. The molecule has 2 rings (SSSR count). The maximum Gasteiger partial charge on any atom is 0.124 e. The maximum absolute atomic E-state index is 4.64. The first kappa shape index (κ1) is 9.87. The number of aryl methyl sites for hydroxylation is 1. The molecule has 0 saturated carbocycles.